The number of benzene rings is 2. The Morgan fingerprint density at radius 1 is 1.00 bits per heavy atom. The number of nitrogens with zero attached hydrogens (tertiary/aromatic N) is 2. The summed E-state index contributed by atoms with van der Waals surface area (Å²) in [6, 6.07) is 11.3. The number of hydrogen-bond donors (Lipinski definition) is 0. The molecule has 4 atom stereocenters. The molecule has 30 heavy (non-hydrogen) atoms. The van der Waals surface area contributed by atoms with Crippen LogP contribution in [0.2, 0.25) is 0 Å². The fourth-order valence-corrected chi connectivity index (χ4v) is 4.73. The number of carbonyl (C=O) groups is 3. The maximum Gasteiger partial charge on any atom is 0.343 e. The number of nitro benzene ring substituents is 1. The largest absolute Gasteiger partial charge is 0.423 e. The Bertz CT molecular complexity index is 1090. The van der Waals surface area contributed by atoms with Gasteiger partial charge >= 0.3 is 5.97 Å². The SMILES string of the molecule is O=C(Oc1ccc([N+](=O)[O-])cc1)c1cccc(N2C(=O)[C@@H]3[C@H](C2=O)[C@@H]2C=C[C@@H]3C2)c1. The van der Waals surface area contributed by atoms with Crippen LogP contribution in [0.3, 0.4) is 0 Å². The lowest BCUT2D eigenvalue weighted by Crippen LogP contribution is -2.33. The maximum absolute atomic E-state index is 12.9. The van der Waals surface area contributed by atoms with Crippen molar-refractivity contribution in [3.05, 3.63) is 76.4 Å². The maximum atomic E-state index is 12.9. The molecular formula is C22H16N2O6. The van der Waals surface area contributed by atoms with Gasteiger partial charge in [0.2, 0.25) is 11.8 Å². The van der Waals surface area contributed by atoms with E-state index in [1.54, 1.807) is 12.1 Å². The van der Waals surface area contributed by atoms with Crippen molar-refractivity contribution < 1.29 is 24.0 Å². The van der Waals surface area contributed by atoms with Crippen LogP contribution < -0.4 is 9.64 Å². The molecule has 0 N–H and O–H groups in total. The van der Waals surface area contributed by atoms with Gasteiger partial charge in [-0.05, 0) is 48.6 Å². The van der Waals surface area contributed by atoms with Crippen LogP contribution in [-0.2, 0) is 9.59 Å². The van der Waals surface area contributed by atoms with E-state index in [9.17, 15) is 24.5 Å². The highest BCUT2D eigenvalue weighted by Crippen LogP contribution is 2.53. The van der Waals surface area contributed by atoms with Gasteiger partial charge in [0.1, 0.15) is 5.75 Å². The molecule has 2 aliphatic carbocycles. The summed E-state index contributed by atoms with van der Waals surface area (Å²) in [5.74, 6) is -1.39. The Balaban J connectivity index is 1.37. The quantitative estimate of drug-likeness (QED) is 0.194. The van der Waals surface area contributed by atoms with Crippen LogP contribution in [0, 0.1) is 33.8 Å². The zero-order valence-electron chi connectivity index (χ0n) is 15.6. The monoisotopic (exact) mass is 404 g/mol. The smallest absolute Gasteiger partial charge is 0.343 e. The van der Waals surface area contributed by atoms with Gasteiger partial charge in [-0.2, -0.15) is 0 Å². The van der Waals surface area contributed by atoms with Crippen LogP contribution in [0.25, 0.3) is 0 Å². The first-order valence-corrected chi connectivity index (χ1v) is 9.57. The Hall–Kier alpha value is -3.81. The summed E-state index contributed by atoms with van der Waals surface area (Å²) in [4.78, 5) is 49.8. The standard InChI is InChI=1S/C22H16N2O6/c25-20-18-12-4-5-13(10-12)19(18)21(26)23(20)16-3-1-2-14(11-16)22(27)30-17-8-6-15(7-9-17)24(28)29/h1-9,11-13,18-19H,10H2/t12-,13-,18-,19+/m1/s1. The highest BCUT2D eigenvalue weighted by Gasteiger charge is 2.59. The molecule has 5 rings (SSSR count). The predicted molar refractivity (Wildman–Crippen MR) is 105 cm³/mol. The first-order chi connectivity index (χ1) is 14.4. The van der Waals surface area contributed by atoms with Crippen LogP contribution in [0.15, 0.2) is 60.7 Å². The molecule has 0 spiro atoms. The fourth-order valence-electron chi connectivity index (χ4n) is 4.73. The van der Waals surface area contributed by atoms with E-state index in [2.05, 4.69) is 0 Å². The third kappa shape index (κ3) is 2.72. The van der Waals surface area contributed by atoms with Gasteiger partial charge in [-0.15, -0.1) is 0 Å². The van der Waals surface area contributed by atoms with E-state index in [1.807, 2.05) is 12.2 Å². The molecule has 2 aromatic rings. The Morgan fingerprint density at radius 3 is 2.23 bits per heavy atom. The molecule has 1 heterocycles. The molecule has 8 nitrogen and oxygen atoms in total. The lowest BCUT2D eigenvalue weighted by atomic mass is 9.85. The summed E-state index contributed by atoms with van der Waals surface area (Å²) in [5.41, 5.74) is 0.401. The topological polar surface area (TPSA) is 107 Å². The van der Waals surface area contributed by atoms with Crippen LogP contribution in [0.1, 0.15) is 16.8 Å². The lowest BCUT2D eigenvalue weighted by molar-refractivity contribution is -0.384. The first kappa shape index (κ1) is 18.2. The molecule has 3 aliphatic rings. The summed E-state index contributed by atoms with van der Waals surface area (Å²) in [5, 5.41) is 10.7. The summed E-state index contributed by atoms with van der Waals surface area (Å²) in [7, 11) is 0. The number of allylic oxidation sites excluding steroid dienone is 2. The van der Waals surface area contributed by atoms with E-state index in [1.165, 1.54) is 41.3 Å². The summed E-state index contributed by atoms with van der Waals surface area (Å²) >= 11 is 0. The zero-order valence-corrected chi connectivity index (χ0v) is 15.6. The molecule has 2 amide bonds. The number of ether oxygens (including phenoxy) is 1. The second-order valence-electron chi connectivity index (χ2n) is 7.70. The molecule has 8 heteroatoms. The minimum absolute atomic E-state index is 0.108. The number of non-ortho nitro benzene ring substituents is 1. The molecule has 2 aromatic carbocycles. The zero-order chi connectivity index (χ0) is 21.0. The predicted octanol–water partition coefficient (Wildman–Crippen LogP) is 3.13. The number of imide groups is 1. The van der Waals surface area contributed by atoms with Gasteiger partial charge in [-0.25, -0.2) is 9.69 Å². The Kier molecular flexibility index (Phi) is 4.02. The second kappa shape index (κ2) is 6.62. The van der Waals surface area contributed by atoms with Crippen molar-refractivity contribution in [1.82, 2.24) is 0 Å². The van der Waals surface area contributed by atoms with Gasteiger partial charge in [-0.1, -0.05) is 18.2 Å². The van der Waals surface area contributed by atoms with Gasteiger partial charge in [0.25, 0.3) is 5.69 Å². The van der Waals surface area contributed by atoms with E-state index in [0.717, 1.165) is 6.42 Å². The molecule has 2 fully saturated rings. The molecule has 0 unspecified atom stereocenters. The molecule has 0 radical (unpaired) electrons. The number of hydrogen-bond acceptors (Lipinski definition) is 6. The van der Waals surface area contributed by atoms with E-state index < -0.39 is 10.9 Å². The number of rotatable bonds is 4. The van der Waals surface area contributed by atoms with Crippen molar-refractivity contribution in [1.29, 1.82) is 0 Å². The van der Waals surface area contributed by atoms with Gasteiger partial charge in [0, 0.05) is 12.1 Å². The normalized spacial score (nSPS) is 26.2. The second-order valence-corrected chi connectivity index (χ2v) is 7.70. The van der Waals surface area contributed by atoms with Crippen molar-refractivity contribution in [2.24, 2.45) is 23.7 Å². The van der Waals surface area contributed by atoms with E-state index in [0.29, 0.717) is 5.69 Å². The first-order valence-electron chi connectivity index (χ1n) is 9.57. The van der Waals surface area contributed by atoms with Crippen LogP contribution >= 0.6 is 0 Å². The number of carbonyl (C=O) groups excluding carboxylic acids is 3. The van der Waals surface area contributed by atoms with Gasteiger partial charge in [0.05, 0.1) is 28.0 Å². The number of esters is 1. The summed E-state index contributed by atoms with van der Waals surface area (Å²) < 4.78 is 5.27. The minimum atomic E-state index is -0.688. The third-order valence-electron chi connectivity index (χ3n) is 6.07. The van der Waals surface area contributed by atoms with Crippen molar-refractivity contribution in [3.63, 3.8) is 0 Å². The third-order valence-corrected chi connectivity index (χ3v) is 6.07. The van der Waals surface area contributed by atoms with E-state index >= 15 is 0 Å². The number of amides is 2. The van der Waals surface area contributed by atoms with E-state index in [4.69, 9.17) is 4.74 Å². The lowest BCUT2D eigenvalue weighted by Gasteiger charge is -2.18. The fraction of sp³-hybridized carbons (Fsp3) is 0.227. The summed E-state index contributed by atoms with van der Waals surface area (Å²) in [6.45, 7) is 0. The van der Waals surface area contributed by atoms with Crippen molar-refractivity contribution in [3.8, 4) is 5.75 Å². The van der Waals surface area contributed by atoms with Gasteiger partial charge in [-0.3, -0.25) is 19.7 Å². The average Bonchev–Trinajstić information content (AvgIpc) is 3.42. The Morgan fingerprint density at radius 2 is 1.63 bits per heavy atom. The van der Waals surface area contributed by atoms with Crippen molar-refractivity contribution >= 4 is 29.2 Å². The highest BCUT2D eigenvalue weighted by atomic mass is 16.6. The van der Waals surface area contributed by atoms with Crippen molar-refractivity contribution in [2.75, 3.05) is 4.90 Å². The summed E-state index contributed by atoms with van der Waals surface area (Å²) in [6.07, 6.45) is 4.90. The Labute approximate surface area is 170 Å². The van der Waals surface area contributed by atoms with Crippen molar-refractivity contribution in [2.45, 2.75) is 6.42 Å². The minimum Gasteiger partial charge on any atom is -0.423 e. The molecule has 1 saturated carbocycles. The number of nitro groups is 1. The van der Waals surface area contributed by atoms with E-state index in [-0.39, 0.29) is 52.5 Å². The van der Waals surface area contributed by atoms with Crippen LogP contribution in [-0.4, -0.2) is 22.7 Å². The molecule has 1 saturated heterocycles. The molecule has 1 aliphatic heterocycles. The molecule has 0 aromatic heterocycles. The number of anilines is 1. The van der Waals surface area contributed by atoms with Gasteiger partial charge < -0.3 is 4.74 Å². The highest BCUT2D eigenvalue weighted by molar-refractivity contribution is 6.23. The van der Waals surface area contributed by atoms with Crippen LogP contribution in [0.5, 0.6) is 5.75 Å². The molecule has 150 valence electrons. The molecule has 2 bridgehead atoms. The van der Waals surface area contributed by atoms with Gasteiger partial charge in [0.15, 0.2) is 0 Å². The van der Waals surface area contributed by atoms with Crippen LogP contribution in [0.4, 0.5) is 11.4 Å². The molecular weight excluding hydrogens is 388 g/mol. The number of fused-ring (bicyclic) bond motifs is 5. The average molecular weight is 404 g/mol.